The lowest BCUT2D eigenvalue weighted by atomic mass is 10.1. The average molecular weight is 583 g/mol. The van der Waals surface area contributed by atoms with Crippen molar-refractivity contribution in [3.63, 3.8) is 0 Å². The third kappa shape index (κ3) is 7.13. The van der Waals surface area contributed by atoms with Gasteiger partial charge in [0.1, 0.15) is 11.6 Å². The first kappa shape index (κ1) is 27.8. The van der Waals surface area contributed by atoms with Crippen LogP contribution in [0.15, 0.2) is 58.6 Å². The van der Waals surface area contributed by atoms with E-state index < -0.39 is 5.91 Å². The highest BCUT2D eigenvalue weighted by atomic mass is 79.9. The number of nitrogens with zero attached hydrogens (tertiary/aromatic N) is 1. The summed E-state index contributed by atoms with van der Waals surface area (Å²) in [7, 11) is 1.45. The van der Waals surface area contributed by atoms with Crippen LogP contribution in [0.2, 0.25) is 5.02 Å². The van der Waals surface area contributed by atoms with E-state index in [1.807, 2.05) is 45.0 Å². The Morgan fingerprint density at radius 2 is 1.84 bits per heavy atom. The summed E-state index contributed by atoms with van der Waals surface area (Å²) in [6, 6.07) is 16.0. The maximum atomic E-state index is 12.8. The Hall–Kier alpha value is -3.80. The summed E-state index contributed by atoms with van der Waals surface area (Å²) in [5, 5.41) is 15.7. The van der Waals surface area contributed by atoms with Gasteiger partial charge in [-0.2, -0.15) is 5.26 Å². The fourth-order valence-electron chi connectivity index (χ4n) is 3.36. The number of ether oxygens (including phenoxy) is 2. The first-order valence-electron chi connectivity index (χ1n) is 11.2. The second-order valence-electron chi connectivity index (χ2n) is 8.21. The van der Waals surface area contributed by atoms with Crippen LogP contribution in [0, 0.1) is 32.1 Å². The largest absolute Gasteiger partial charge is 0.493 e. The molecule has 37 heavy (non-hydrogen) atoms. The zero-order valence-electron chi connectivity index (χ0n) is 20.7. The molecule has 3 aromatic rings. The number of nitriles is 1. The van der Waals surface area contributed by atoms with Crippen LogP contribution < -0.4 is 20.1 Å². The molecule has 0 aliphatic heterocycles. The summed E-state index contributed by atoms with van der Waals surface area (Å²) >= 11 is 9.54. The van der Waals surface area contributed by atoms with E-state index >= 15 is 0 Å². The lowest BCUT2D eigenvalue weighted by molar-refractivity contribution is -0.118. The van der Waals surface area contributed by atoms with Crippen molar-refractivity contribution >= 4 is 56.8 Å². The Morgan fingerprint density at radius 1 is 1.08 bits per heavy atom. The molecule has 0 unspecified atom stereocenters. The van der Waals surface area contributed by atoms with Crippen molar-refractivity contribution in [1.29, 1.82) is 5.26 Å². The van der Waals surface area contributed by atoms with E-state index in [-0.39, 0.29) is 18.1 Å². The van der Waals surface area contributed by atoms with Crippen molar-refractivity contribution < 1.29 is 19.1 Å². The van der Waals surface area contributed by atoms with E-state index in [1.54, 1.807) is 30.3 Å². The molecular weight excluding hydrogens is 558 g/mol. The Labute approximate surface area is 229 Å². The van der Waals surface area contributed by atoms with Crippen LogP contribution >= 0.6 is 27.5 Å². The standard InChI is InChI=1S/C28H25BrClN3O4/c1-16-6-5-7-24(18(16)3)33-28(35)20(14-31)10-19-11-22(29)27(25(12-19)36-4)37-15-26(34)32-21-9-8-17(2)23(30)13-21/h5-13H,15H2,1-4H3,(H,32,34)(H,33,35)/b20-10-. The van der Waals surface area contributed by atoms with Gasteiger partial charge >= 0.3 is 0 Å². The predicted molar refractivity (Wildman–Crippen MR) is 149 cm³/mol. The molecule has 7 nitrogen and oxygen atoms in total. The summed E-state index contributed by atoms with van der Waals surface area (Å²) in [5.41, 5.74) is 4.50. The van der Waals surface area contributed by atoms with Gasteiger partial charge in [0.2, 0.25) is 0 Å². The van der Waals surface area contributed by atoms with Gasteiger partial charge in [0.05, 0.1) is 11.6 Å². The number of halogens is 2. The summed E-state index contributed by atoms with van der Waals surface area (Å²) < 4.78 is 11.6. The van der Waals surface area contributed by atoms with Gasteiger partial charge in [-0.1, -0.05) is 29.8 Å². The zero-order valence-corrected chi connectivity index (χ0v) is 23.1. The third-order valence-electron chi connectivity index (χ3n) is 5.58. The number of methoxy groups -OCH3 is 1. The van der Waals surface area contributed by atoms with Crippen molar-refractivity contribution in [3.05, 3.63) is 85.9 Å². The number of nitrogens with one attached hydrogen (secondary N) is 2. The highest BCUT2D eigenvalue weighted by molar-refractivity contribution is 9.10. The highest BCUT2D eigenvalue weighted by Gasteiger charge is 2.16. The van der Waals surface area contributed by atoms with E-state index in [4.69, 9.17) is 21.1 Å². The van der Waals surface area contributed by atoms with E-state index in [2.05, 4.69) is 26.6 Å². The van der Waals surface area contributed by atoms with Gasteiger partial charge in [-0.15, -0.1) is 0 Å². The monoisotopic (exact) mass is 581 g/mol. The number of carbonyl (C=O) groups excluding carboxylic acids is 2. The SMILES string of the molecule is COc1cc(/C=C(/C#N)C(=O)Nc2cccc(C)c2C)cc(Br)c1OCC(=O)Nc1ccc(C)c(Cl)c1. The molecule has 0 atom stereocenters. The van der Waals surface area contributed by atoms with Crippen LogP contribution in [0.3, 0.4) is 0 Å². The molecular formula is C28H25BrClN3O4. The molecule has 2 N–H and O–H groups in total. The van der Waals surface area contributed by atoms with E-state index in [1.165, 1.54) is 13.2 Å². The number of anilines is 2. The van der Waals surface area contributed by atoms with Gasteiger partial charge < -0.3 is 20.1 Å². The molecule has 0 aliphatic carbocycles. The number of aryl methyl sites for hydroxylation is 2. The molecule has 0 bridgehead atoms. The van der Waals surface area contributed by atoms with Gasteiger partial charge in [0, 0.05) is 16.4 Å². The summed E-state index contributed by atoms with van der Waals surface area (Å²) in [4.78, 5) is 25.2. The smallest absolute Gasteiger partial charge is 0.266 e. The molecule has 3 rings (SSSR count). The molecule has 0 aliphatic rings. The number of hydrogen-bond donors (Lipinski definition) is 2. The molecule has 0 saturated heterocycles. The number of carbonyl (C=O) groups is 2. The first-order chi connectivity index (χ1) is 17.6. The highest BCUT2D eigenvalue weighted by Crippen LogP contribution is 2.37. The number of amides is 2. The topological polar surface area (TPSA) is 100 Å². The molecule has 0 heterocycles. The van der Waals surface area contributed by atoms with Crippen molar-refractivity contribution in [2.45, 2.75) is 20.8 Å². The zero-order chi connectivity index (χ0) is 27.1. The van der Waals surface area contributed by atoms with Crippen LogP contribution in [0.5, 0.6) is 11.5 Å². The summed E-state index contributed by atoms with van der Waals surface area (Å²) in [6.45, 7) is 5.44. The summed E-state index contributed by atoms with van der Waals surface area (Å²) in [6.07, 6.45) is 1.45. The molecule has 0 saturated carbocycles. The van der Waals surface area contributed by atoms with Crippen molar-refractivity contribution in [1.82, 2.24) is 0 Å². The molecule has 0 spiro atoms. The molecule has 0 fully saturated rings. The maximum Gasteiger partial charge on any atom is 0.266 e. The van der Waals surface area contributed by atoms with Gasteiger partial charge in [0.15, 0.2) is 18.1 Å². The van der Waals surface area contributed by atoms with E-state index in [0.29, 0.717) is 37.9 Å². The minimum Gasteiger partial charge on any atom is -0.493 e. The maximum absolute atomic E-state index is 12.8. The minimum absolute atomic E-state index is 0.0836. The van der Waals surface area contributed by atoms with E-state index in [0.717, 1.165) is 16.7 Å². The number of benzene rings is 3. The van der Waals surface area contributed by atoms with Crippen molar-refractivity contribution in [2.24, 2.45) is 0 Å². The van der Waals surface area contributed by atoms with Gasteiger partial charge in [-0.3, -0.25) is 9.59 Å². The second-order valence-corrected chi connectivity index (χ2v) is 9.47. The van der Waals surface area contributed by atoms with Gasteiger partial charge in [-0.25, -0.2) is 0 Å². The summed E-state index contributed by atoms with van der Waals surface area (Å²) in [5.74, 6) is -0.290. The molecule has 190 valence electrons. The second kappa shape index (κ2) is 12.4. The van der Waals surface area contributed by atoms with Gasteiger partial charge in [0.25, 0.3) is 11.8 Å². The Bertz CT molecular complexity index is 1430. The Kier molecular flexibility index (Phi) is 9.34. The van der Waals surface area contributed by atoms with Crippen LogP contribution in [0.4, 0.5) is 11.4 Å². The van der Waals surface area contributed by atoms with Crippen LogP contribution in [-0.2, 0) is 9.59 Å². The predicted octanol–water partition coefficient (Wildman–Crippen LogP) is 6.60. The van der Waals surface area contributed by atoms with E-state index in [9.17, 15) is 14.9 Å². The molecule has 2 amide bonds. The quantitative estimate of drug-likeness (QED) is 0.230. The molecule has 3 aromatic carbocycles. The minimum atomic E-state index is -0.528. The fraction of sp³-hybridized carbons (Fsp3) is 0.179. The average Bonchev–Trinajstić information content (AvgIpc) is 2.86. The normalized spacial score (nSPS) is 10.9. The number of hydrogen-bond acceptors (Lipinski definition) is 5. The Morgan fingerprint density at radius 3 is 2.51 bits per heavy atom. The van der Waals surface area contributed by atoms with Crippen LogP contribution in [0.1, 0.15) is 22.3 Å². The lowest BCUT2D eigenvalue weighted by Gasteiger charge is -2.14. The van der Waals surface area contributed by atoms with Gasteiger partial charge in [-0.05, 0) is 95.4 Å². The van der Waals surface area contributed by atoms with Crippen LogP contribution in [0.25, 0.3) is 6.08 Å². The van der Waals surface area contributed by atoms with Crippen LogP contribution in [-0.4, -0.2) is 25.5 Å². The third-order valence-corrected chi connectivity index (χ3v) is 6.58. The Balaban J connectivity index is 1.75. The fourth-order valence-corrected chi connectivity index (χ4v) is 4.11. The molecule has 0 radical (unpaired) electrons. The lowest BCUT2D eigenvalue weighted by Crippen LogP contribution is -2.20. The molecule has 9 heteroatoms. The van der Waals surface area contributed by atoms with Crippen molar-refractivity contribution in [3.8, 4) is 17.6 Å². The van der Waals surface area contributed by atoms with Crippen molar-refractivity contribution in [2.75, 3.05) is 24.4 Å². The molecule has 0 aromatic heterocycles. The number of rotatable bonds is 8. The first-order valence-corrected chi connectivity index (χ1v) is 12.4.